The quantitative estimate of drug-likeness (QED) is 0.309. The second-order valence-corrected chi connectivity index (χ2v) is 8.89. The molecule has 0 aliphatic heterocycles. The van der Waals surface area contributed by atoms with Crippen LogP contribution in [0.1, 0.15) is 30.1 Å². The Morgan fingerprint density at radius 3 is 2.68 bits per heavy atom. The number of hydrogen-bond acceptors (Lipinski definition) is 9. The van der Waals surface area contributed by atoms with Crippen molar-refractivity contribution in [3.05, 3.63) is 69.9 Å². The summed E-state index contributed by atoms with van der Waals surface area (Å²) in [5.41, 5.74) is 4.29. The predicted octanol–water partition coefficient (Wildman–Crippen LogP) is 3.37. The van der Waals surface area contributed by atoms with E-state index in [9.17, 15) is 23.1 Å². The number of nitrogens with zero attached hydrogens (tertiary/aromatic N) is 6. The van der Waals surface area contributed by atoms with Crippen LogP contribution in [0.3, 0.4) is 0 Å². The van der Waals surface area contributed by atoms with E-state index in [1.54, 1.807) is 7.05 Å². The van der Waals surface area contributed by atoms with E-state index < -0.39 is 29.4 Å². The number of pyridine rings is 2. The molecule has 0 radical (unpaired) electrons. The highest BCUT2D eigenvalue weighted by molar-refractivity contribution is 6.36. The van der Waals surface area contributed by atoms with Crippen LogP contribution in [0.2, 0.25) is 5.02 Å². The summed E-state index contributed by atoms with van der Waals surface area (Å²) in [6.07, 6.45) is 2.73. The number of aliphatic hydroxyl groups excluding tert-OH is 1. The highest BCUT2D eigenvalue weighted by Crippen LogP contribution is 2.37. The zero-order valence-corrected chi connectivity index (χ0v) is 20.4. The average molecular weight is 549 g/mol. The van der Waals surface area contributed by atoms with Gasteiger partial charge in [0.25, 0.3) is 5.56 Å². The molecule has 4 heterocycles. The Morgan fingerprint density at radius 2 is 2.08 bits per heavy atom. The van der Waals surface area contributed by atoms with Gasteiger partial charge in [-0.05, 0) is 18.9 Å². The van der Waals surface area contributed by atoms with E-state index in [1.165, 1.54) is 35.6 Å². The standard InChI is InChI=1S/C23H20ClF3N8O3/c1-34-19-18(24)17(38-16(7-28)13-8-29-4-5-30-13)9-31-20(19)33-22(34)32-12-6-11(23(25,26)27)10-35(21(12)37)14-2-3-15(14)36/h4-10,14-15,36H,2-3,28H2,1H3,(H,31,32,33)/b16-7+. The molecule has 4 aromatic rings. The maximum atomic E-state index is 13.6. The molecule has 0 bridgehead atoms. The van der Waals surface area contributed by atoms with Gasteiger partial charge >= 0.3 is 6.18 Å². The average Bonchev–Trinajstić information content (AvgIpc) is 3.20. The van der Waals surface area contributed by atoms with Gasteiger partial charge in [0.1, 0.15) is 21.9 Å². The van der Waals surface area contributed by atoms with Crippen molar-refractivity contribution >= 4 is 40.2 Å². The monoisotopic (exact) mass is 548 g/mol. The number of fused-ring (bicyclic) bond motifs is 1. The van der Waals surface area contributed by atoms with Crippen molar-refractivity contribution in [1.29, 1.82) is 0 Å². The van der Waals surface area contributed by atoms with Crippen LogP contribution in [0.25, 0.3) is 16.9 Å². The SMILES string of the molecule is Cn1c(Nc2cc(C(F)(F)F)cn(C3CCC3O)c2=O)nc2ncc(O/C(=C/N)c3cnccn3)c(Cl)c21. The minimum Gasteiger partial charge on any atom is -0.450 e. The number of halogens is 4. The van der Waals surface area contributed by atoms with Crippen molar-refractivity contribution in [3.63, 3.8) is 0 Å². The summed E-state index contributed by atoms with van der Waals surface area (Å²) in [7, 11) is 1.54. The van der Waals surface area contributed by atoms with Crippen molar-refractivity contribution in [3.8, 4) is 5.75 Å². The number of ether oxygens (including phenoxy) is 1. The van der Waals surface area contributed by atoms with Crippen molar-refractivity contribution in [2.45, 2.75) is 31.2 Å². The molecule has 4 N–H and O–H groups in total. The Morgan fingerprint density at radius 1 is 1.29 bits per heavy atom. The first-order valence-corrected chi connectivity index (χ1v) is 11.6. The molecular weight excluding hydrogens is 529 g/mol. The van der Waals surface area contributed by atoms with Crippen LogP contribution < -0.4 is 21.3 Å². The smallest absolute Gasteiger partial charge is 0.417 e. The lowest BCUT2D eigenvalue weighted by atomic mass is 9.89. The fraction of sp³-hybridized carbons (Fsp3) is 0.261. The van der Waals surface area contributed by atoms with Crippen LogP contribution >= 0.6 is 11.6 Å². The van der Waals surface area contributed by atoms with Crippen molar-refractivity contribution in [2.24, 2.45) is 12.8 Å². The van der Waals surface area contributed by atoms with Gasteiger partial charge in [0.15, 0.2) is 17.2 Å². The molecule has 15 heteroatoms. The summed E-state index contributed by atoms with van der Waals surface area (Å²) in [6, 6.07) is -0.0489. The molecule has 11 nitrogen and oxygen atoms in total. The first-order valence-electron chi connectivity index (χ1n) is 11.2. The number of rotatable bonds is 6. The highest BCUT2D eigenvalue weighted by Gasteiger charge is 2.36. The lowest BCUT2D eigenvalue weighted by molar-refractivity contribution is -0.138. The molecule has 0 amide bonds. The zero-order valence-electron chi connectivity index (χ0n) is 19.6. The summed E-state index contributed by atoms with van der Waals surface area (Å²) in [4.78, 5) is 29.6. The first-order chi connectivity index (χ1) is 18.1. The topological polar surface area (TPSA) is 146 Å². The molecule has 1 aliphatic rings. The Kier molecular flexibility index (Phi) is 6.44. The molecule has 5 rings (SSSR count). The Bertz CT molecular complexity index is 1600. The molecule has 1 fully saturated rings. The van der Waals surface area contributed by atoms with E-state index in [1.807, 2.05) is 0 Å². The fourth-order valence-corrected chi connectivity index (χ4v) is 4.31. The van der Waals surface area contributed by atoms with E-state index >= 15 is 0 Å². The molecular formula is C23H20ClF3N8O3. The number of hydrogen-bond donors (Lipinski definition) is 3. The Hall–Kier alpha value is -4.17. The molecule has 38 heavy (non-hydrogen) atoms. The number of nitrogens with two attached hydrogens (primary N) is 1. The largest absolute Gasteiger partial charge is 0.450 e. The Balaban J connectivity index is 1.53. The third-order valence-corrected chi connectivity index (χ3v) is 6.53. The number of alkyl halides is 3. The maximum Gasteiger partial charge on any atom is 0.417 e. The number of nitrogens with one attached hydrogen (secondary N) is 1. The van der Waals surface area contributed by atoms with Crippen LogP contribution in [0.5, 0.6) is 5.75 Å². The molecule has 198 valence electrons. The number of aliphatic hydroxyl groups is 1. The fourth-order valence-electron chi connectivity index (χ4n) is 4.01. The number of aromatic nitrogens is 6. The van der Waals surface area contributed by atoms with Gasteiger partial charge in [-0.2, -0.15) is 18.2 Å². The highest BCUT2D eigenvalue weighted by atomic mass is 35.5. The lowest BCUT2D eigenvalue weighted by Crippen LogP contribution is -2.40. The van der Waals surface area contributed by atoms with Gasteiger partial charge in [-0.3, -0.25) is 9.78 Å². The Labute approximate surface area is 217 Å². The molecule has 2 unspecified atom stereocenters. The van der Waals surface area contributed by atoms with Gasteiger partial charge in [-0.1, -0.05) is 11.6 Å². The van der Waals surface area contributed by atoms with Gasteiger partial charge < -0.3 is 30.0 Å². The third kappa shape index (κ3) is 4.52. The molecule has 0 spiro atoms. The predicted molar refractivity (Wildman–Crippen MR) is 132 cm³/mol. The van der Waals surface area contributed by atoms with E-state index in [0.29, 0.717) is 24.6 Å². The van der Waals surface area contributed by atoms with Crippen LogP contribution in [0.15, 0.2) is 48.0 Å². The molecule has 0 aromatic carbocycles. The summed E-state index contributed by atoms with van der Waals surface area (Å²) in [6.45, 7) is 0. The summed E-state index contributed by atoms with van der Waals surface area (Å²) in [5.74, 6) is 0.271. The van der Waals surface area contributed by atoms with Crippen molar-refractivity contribution in [1.82, 2.24) is 29.1 Å². The normalized spacial score (nSPS) is 17.9. The van der Waals surface area contributed by atoms with Crippen LogP contribution in [0, 0.1) is 0 Å². The van der Waals surface area contributed by atoms with E-state index in [2.05, 4.69) is 25.3 Å². The van der Waals surface area contributed by atoms with Gasteiger partial charge in [-0.25, -0.2) is 9.97 Å². The minimum atomic E-state index is -4.72. The molecule has 2 atom stereocenters. The zero-order chi connectivity index (χ0) is 27.2. The van der Waals surface area contributed by atoms with Gasteiger partial charge in [0.2, 0.25) is 5.95 Å². The summed E-state index contributed by atoms with van der Waals surface area (Å²) < 4.78 is 49.0. The summed E-state index contributed by atoms with van der Waals surface area (Å²) in [5, 5.41) is 12.7. The molecule has 1 saturated carbocycles. The number of anilines is 2. The van der Waals surface area contributed by atoms with Crippen LogP contribution in [-0.2, 0) is 13.2 Å². The first kappa shape index (κ1) is 25.5. The second kappa shape index (κ2) is 9.61. The van der Waals surface area contributed by atoms with E-state index in [-0.39, 0.29) is 39.3 Å². The number of imidazole rings is 1. The lowest BCUT2D eigenvalue weighted by Gasteiger charge is -2.34. The van der Waals surface area contributed by atoms with Crippen molar-refractivity contribution < 1.29 is 23.0 Å². The molecule has 4 aromatic heterocycles. The molecule has 0 saturated heterocycles. The maximum absolute atomic E-state index is 13.6. The number of aryl methyl sites for hydroxylation is 1. The van der Waals surface area contributed by atoms with Crippen molar-refractivity contribution in [2.75, 3.05) is 5.32 Å². The second-order valence-electron chi connectivity index (χ2n) is 8.52. The van der Waals surface area contributed by atoms with Crippen LogP contribution in [0.4, 0.5) is 24.8 Å². The van der Waals surface area contributed by atoms with Gasteiger partial charge in [0.05, 0.1) is 30.1 Å². The molecule has 1 aliphatic carbocycles. The van der Waals surface area contributed by atoms with E-state index in [0.717, 1.165) is 10.8 Å². The van der Waals surface area contributed by atoms with Gasteiger partial charge in [-0.15, -0.1) is 0 Å². The van der Waals surface area contributed by atoms with E-state index in [4.69, 9.17) is 22.1 Å². The minimum absolute atomic E-state index is 0.00667. The van der Waals surface area contributed by atoms with Crippen LogP contribution in [-0.4, -0.2) is 40.3 Å². The third-order valence-electron chi connectivity index (χ3n) is 6.17. The summed E-state index contributed by atoms with van der Waals surface area (Å²) >= 11 is 6.58. The van der Waals surface area contributed by atoms with Gasteiger partial charge in [0, 0.05) is 31.8 Å².